The molecule has 0 aliphatic rings. The number of benzene rings is 1. The summed E-state index contributed by atoms with van der Waals surface area (Å²) in [6.45, 7) is 3.51. The molecular weight excluding hydrogens is 226 g/mol. The number of esters is 1. The first kappa shape index (κ1) is 14.4. The zero-order chi connectivity index (χ0) is 13.1. The average Bonchev–Trinajstić information content (AvgIpc) is 2.42. The standard InChI is InChI=1S/C15H21NO2/c1-2-3-11-16-12-7-8-13-18-15(17)14-9-5-4-6-10-14/h4-6,9-10,12H,2-3,7-8,11,13H2,1H3. The van der Waals surface area contributed by atoms with E-state index in [1.165, 1.54) is 6.42 Å². The first-order chi connectivity index (χ1) is 8.84. The Balaban J connectivity index is 2.08. The zero-order valence-corrected chi connectivity index (χ0v) is 11.0. The minimum atomic E-state index is -0.251. The summed E-state index contributed by atoms with van der Waals surface area (Å²) in [4.78, 5) is 15.8. The van der Waals surface area contributed by atoms with Crippen LogP contribution in [0.1, 0.15) is 43.0 Å². The van der Waals surface area contributed by atoms with Crippen molar-refractivity contribution in [2.45, 2.75) is 32.6 Å². The highest BCUT2D eigenvalue weighted by Gasteiger charge is 2.04. The third kappa shape index (κ3) is 6.18. The van der Waals surface area contributed by atoms with Crippen molar-refractivity contribution in [3.63, 3.8) is 0 Å². The summed E-state index contributed by atoms with van der Waals surface area (Å²) in [5.41, 5.74) is 0.606. The van der Waals surface area contributed by atoms with Gasteiger partial charge in [-0.3, -0.25) is 4.99 Å². The van der Waals surface area contributed by atoms with Crippen molar-refractivity contribution in [3.8, 4) is 0 Å². The van der Waals surface area contributed by atoms with Crippen LogP contribution in [0.2, 0.25) is 0 Å². The van der Waals surface area contributed by atoms with Crippen LogP contribution in [0.5, 0.6) is 0 Å². The van der Waals surface area contributed by atoms with Gasteiger partial charge in [-0.15, -0.1) is 0 Å². The first-order valence-corrected chi connectivity index (χ1v) is 6.55. The van der Waals surface area contributed by atoms with Crippen molar-refractivity contribution >= 4 is 12.2 Å². The number of hydrogen-bond donors (Lipinski definition) is 0. The molecular formula is C15H21NO2. The van der Waals surface area contributed by atoms with Crippen LogP contribution in [0.3, 0.4) is 0 Å². The smallest absolute Gasteiger partial charge is 0.338 e. The van der Waals surface area contributed by atoms with E-state index < -0.39 is 0 Å². The monoisotopic (exact) mass is 247 g/mol. The quantitative estimate of drug-likeness (QED) is 0.400. The molecule has 0 fully saturated rings. The van der Waals surface area contributed by atoms with Crippen LogP contribution in [0.15, 0.2) is 35.3 Å². The van der Waals surface area contributed by atoms with E-state index in [-0.39, 0.29) is 5.97 Å². The molecule has 0 spiro atoms. The topological polar surface area (TPSA) is 38.7 Å². The molecule has 0 N–H and O–H groups in total. The van der Waals surface area contributed by atoms with Gasteiger partial charge in [-0.25, -0.2) is 4.79 Å². The summed E-state index contributed by atoms with van der Waals surface area (Å²) in [7, 11) is 0. The Kier molecular flexibility index (Phi) is 7.53. The largest absolute Gasteiger partial charge is 0.462 e. The van der Waals surface area contributed by atoms with E-state index in [9.17, 15) is 4.79 Å². The lowest BCUT2D eigenvalue weighted by molar-refractivity contribution is 0.0502. The van der Waals surface area contributed by atoms with Gasteiger partial charge >= 0.3 is 5.97 Å². The molecule has 0 saturated heterocycles. The van der Waals surface area contributed by atoms with Crippen LogP contribution in [-0.4, -0.2) is 25.3 Å². The molecule has 0 radical (unpaired) electrons. The molecule has 0 amide bonds. The molecule has 0 unspecified atom stereocenters. The summed E-state index contributed by atoms with van der Waals surface area (Å²) in [6.07, 6.45) is 5.93. The Morgan fingerprint density at radius 2 is 2.06 bits per heavy atom. The van der Waals surface area contributed by atoms with E-state index >= 15 is 0 Å². The second kappa shape index (κ2) is 9.40. The number of hydrogen-bond acceptors (Lipinski definition) is 3. The third-order valence-corrected chi connectivity index (χ3v) is 2.49. The lowest BCUT2D eigenvalue weighted by Crippen LogP contribution is -2.06. The molecule has 0 atom stereocenters. The highest BCUT2D eigenvalue weighted by atomic mass is 16.5. The van der Waals surface area contributed by atoms with Crippen molar-refractivity contribution in [2.75, 3.05) is 13.2 Å². The lowest BCUT2D eigenvalue weighted by Gasteiger charge is -2.03. The second-order valence-corrected chi connectivity index (χ2v) is 4.09. The molecule has 1 aromatic rings. The van der Waals surface area contributed by atoms with E-state index in [4.69, 9.17) is 4.74 Å². The highest BCUT2D eigenvalue weighted by Crippen LogP contribution is 2.01. The van der Waals surface area contributed by atoms with Crippen LogP contribution in [0.4, 0.5) is 0 Å². The molecule has 1 aromatic carbocycles. The van der Waals surface area contributed by atoms with Gasteiger partial charge in [-0.2, -0.15) is 0 Å². The Morgan fingerprint density at radius 3 is 2.78 bits per heavy atom. The fraction of sp³-hybridized carbons (Fsp3) is 0.467. The summed E-state index contributed by atoms with van der Waals surface area (Å²) in [6, 6.07) is 9.06. The Bertz CT molecular complexity index is 360. The van der Waals surface area contributed by atoms with Crippen molar-refractivity contribution < 1.29 is 9.53 Å². The molecule has 0 bridgehead atoms. The molecule has 0 aliphatic heterocycles. The van der Waals surface area contributed by atoms with Gasteiger partial charge in [0.25, 0.3) is 0 Å². The number of aliphatic imine (C=N–C) groups is 1. The number of carbonyl (C=O) groups excluding carboxylic acids is 1. The highest BCUT2D eigenvalue weighted by molar-refractivity contribution is 5.89. The van der Waals surface area contributed by atoms with Crippen LogP contribution in [0, 0.1) is 0 Å². The van der Waals surface area contributed by atoms with Crippen LogP contribution >= 0.6 is 0 Å². The maximum atomic E-state index is 11.6. The zero-order valence-electron chi connectivity index (χ0n) is 11.0. The number of nitrogens with zero attached hydrogens (tertiary/aromatic N) is 1. The number of carbonyl (C=O) groups is 1. The Morgan fingerprint density at radius 1 is 1.28 bits per heavy atom. The van der Waals surface area contributed by atoms with Gasteiger partial charge in [0, 0.05) is 6.54 Å². The Hall–Kier alpha value is -1.64. The Labute approximate surface area is 109 Å². The molecule has 3 nitrogen and oxygen atoms in total. The predicted molar refractivity (Wildman–Crippen MR) is 74.2 cm³/mol. The van der Waals surface area contributed by atoms with Crippen LogP contribution < -0.4 is 0 Å². The minimum absolute atomic E-state index is 0.251. The van der Waals surface area contributed by atoms with E-state index in [0.29, 0.717) is 12.2 Å². The number of unbranched alkanes of at least 4 members (excludes halogenated alkanes) is 2. The second-order valence-electron chi connectivity index (χ2n) is 4.09. The summed E-state index contributed by atoms with van der Waals surface area (Å²) in [5, 5.41) is 0. The van der Waals surface area contributed by atoms with Crippen molar-refractivity contribution in [1.29, 1.82) is 0 Å². The summed E-state index contributed by atoms with van der Waals surface area (Å²) in [5.74, 6) is -0.251. The lowest BCUT2D eigenvalue weighted by atomic mass is 10.2. The number of rotatable bonds is 8. The van der Waals surface area contributed by atoms with E-state index in [0.717, 1.165) is 25.8 Å². The van der Waals surface area contributed by atoms with E-state index in [1.54, 1.807) is 12.1 Å². The van der Waals surface area contributed by atoms with Crippen LogP contribution in [0.25, 0.3) is 0 Å². The van der Waals surface area contributed by atoms with Gasteiger partial charge in [0.1, 0.15) is 0 Å². The van der Waals surface area contributed by atoms with Crippen LogP contribution in [-0.2, 0) is 4.74 Å². The van der Waals surface area contributed by atoms with E-state index in [2.05, 4.69) is 11.9 Å². The molecule has 1 rings (SSSR count). The van der Waals surface area contributed by atoms with Gasteiger partial charge in [0.05, 0.1) is 12.2 Å². The first-order valence-electron chi connectivity index (χ1n) is 6.55. The van der Waals surface area contributed by atoms with Gasteiger partial charge in [0.2, 0.25) is 0 Å². The molecule has 0 aliphatic carbocycles. The SMILES string of the molecule is CCCCN=CCCCOC(=O)c1ccccc1. The number of ether oxygens (including phenoxy) is 1. The molecule has 18 heavy (non-hydrogen) atoms. The van der Waals surface area contributed by atoms with Crippen molar-refractivity contribution in [1.82, 2.24) is 0 Å². The molecule has 0 aromatic heterocycles. The molecule has 3 heteroatoms. The van der Waals surface area contributed by atoms with Gasteiger partial charge in [-0.1, -0.05) is 31.5 Å². The molecule has 98 valence electrons. The van der Waals surface area contributed by atoms with E-state index in [1.807, 2.05) is 24.4 Å². The minimum Gasteiger partial charge on any atom is -0.462 e. The van der Waals surface area contributed by atoms with Gasteiger partial charge in [-0.05, 0) is 37.6 Å². The maximum absolute atomic E-state index is 11.6. The predicted octanol–water partition coefficient (Wildman–Crippen LogP) is 3.49. The summed E-state index contributed by atoms with van der Waals surface area (Å²) >= 11 is 0. The van der Waals surface area contributed by atoms with Gasteiger partial charge < -0.3 is 4.74 Å². The van der Waals surface area contributed by atoms with Crippen molar-refractivity contribution in [2.24, 2.45) is 4.99 Å². The average molecular weight is 247 g/mol. The third-order valence-electron chi connectivity index (χ3n) is 2.49. The maximum Gasteiger partial charge on any atom is 0.338 e. The molecule has 0 heterocycles. The fourth-order valence-electron chi connectivity index (χ4n) is 1.43. The van der Waals surface area contributed by atoms with Crippen molar-refractivity contribution in [3.05, 3.63) is 35.9 Å². The summed E-state index contributed by atoms with van der Waals surface area (Å²) < 4.78 is 5.16. The fourth-order valence-corrected chi connectivity index (χ4v) is 1.43. The molecule has 0 saturated carbocycles. The van der Waals surface area contributed by atoms with Gasteiger partial charge in [0.15, 0.2) is 0 Å². The normalized spacial score (nSPS) is 10.7.